The second-order valence-electron chi connectivity index (χ2n) is 8.97. The third kappa shape index (κ3) is 6.41. The summed E-state index contributed by atoms with van der Waals surface area (Å²) < 4.78 is 2.55. The molecule has 10 nitrogen and oxygen atoms in total. The molecular formula is C23H26Cl3N3O7. The molecule has 0 bridgehead atoms. The van der Waals surface area contributed by atoms with Crippen LogP contribution in [0.5, 0.6) is 0 Å². The van der Waals surface area contributed by atoms with Gasteiger partial charge in [0, 0.05) is 6.54 Å². The maximum absolute atomic E-state index is 12.7. The fourth-order valence-electron chi connectivity index (χ4n) is 4.79. The van der Waals surface area contributed by atoms with Crippen LogP contribution in [0.15, 0.2) is 30.3 Å². The van der Waals surface area contributed by atoms with Gasteiger partial charge < -0.3 is 14.9 Å². The Bertz CT molecular complexity index is 959. The van der Waals surface area contributed by atoms with Gasteiger partial charge in [0.1, 0.15) is 12.6 Å². The maximum atomic E-state index is 12.7. The van der Waals surface area contributed by atoms with E-state index in [2.05, 4.69) is 5.32 Å². The Morgan fingerprint density at radius 1 is 1.00 bits per heavy atom. The number of nitrogens with one attached hydrogen (secondary N) is 1. The van der Waals surface area contributed by atoms with Gasteiger partial charge in [-0.15, -0.1) is 5.06 Å². The molecule has 0 aromatic heterocycles. The van der Waals surface area contributed by atoms with E-state index in [1.54, 1.807) is 0 Å². The highest BCUT2D eigenvalue weighted by Gasteiger charge is 2.51. The van der Waals surface area contributed by atoms with E-state index < -0.39 is 51.8 Å². The first-order chi connectivity index (χ1) is 17.1. The number of amides is 3. The first kappa shape index (κ1) is 26.9. The molecule has 2 saturated heterocycles. The quantitative estimate of drug-likeness (QED) is 0.318. The molecule has 196 valence electrons. The lowest BCUT2D eigenvalue weighted by Crippen LogP contribution is -2.55. The number of carbonyl (C=O) groups excluding carboxylic acids is 4. The number of ether oxygens (including phenoxy) is 1. The number of hydrogen-bond donors (Lipinski definition) is 1. The lowest BCUT2D eigenvalue weighted by Gasteiger charge is -2.35. The van der Waals surface area contributed by atoms with Gasteiger partial charge in [0.2, 0.25) is 0 Å². The molecule has 0 unspecified atom stereocenters. The van der Waals surface area contributed by atoms with Crippen molar-refractivity contribution >= 4 is 58.7 Å². The first-order valence-electron chi connectivity index (χ1n) is 11.7. The zero-order valence-corrected chi connectivity index (χ0v) is 21.5. The molecule has 36 heavy (non-hydrogen) atoms. The van der Waals surface area contributed by atoms with Gasteiger partial charge in [-0.25, -0.2) is 9.59 Å². The Morgan fingerprint density at radius 3 is 2.19 bits per heavy atom. The minimum Gasteiger partial charge on any atom is -0.396 e. The molecule has 3 fully saturated rings. The van der Waals surface area contributed by atoms with Gasteiger partial charge >= 0.3 is 16.0 Å². The summed E-state index contributed by atoms with van der Waals surface area (Å²) in [5.74, 6) is -2.48. The normalized spacial score (nSPS) is 26.4. The number of nitrogens with zero attached hydrogens (tertiary/aromatic N) is 2. The molecule has 3 aliphatic rings. The fraction of sp³-hybridized carbons (Fsp3) is 0.565. The number of carbonyl (C=O) groups is 4. The molecule has 0 radical (unpaired) electrons. The second kappa shape index (κ2) is 11.5. The van der Waals surface area contributed by atoms with Crippen LogP contribution in [0.3, 0.4) is 0 Å². The average molecular weight is 563 g/mol. The second-order valence-corrected chi connectivity index (χ2v) is 11.1. The van der Waals surface area contributed by atoms with E-state index in [4.69, 9.17) is 49.2 Å². The number of imide groups is 1. The van der Waals surface area contributed by atoms with Crippen LogP contribution >= 0.6 is 34.8 Å². The first-order valence-corrected chi connectivity index (χ1v) is 12.9. The van der Waals surface area contributed by atoms with Crippen LogP contribution in [0.25, 0.3) is 0 Å². The van der Waals surface area contributed by atoms with Crippen LogP contribution in [-0.2, 0) is 35.4 Å². The van der Waals surface area contributed by atoms with Crippen LogP contribution in [0.1, 0.15) is 44.1 Å². The molecule has 2 aliphatic heterocycles. The van der Waals surface area contributed by atoms with E-state index in [0.29, 0.717) is 24.3 Å². The zero-order chi connectivity index (χ0) is 25.9. The topological polar surface area (TPSA) is 114 Å². The summed E-state index contributed by atoms with van der Waals surface area (Å²) in [6.07, 6.45) is 2.52. The number of alkyl halides is 3. The summed E-state index contributed by atoms with van der Waals surface area (Å²) in [6.45, 7) is 0.177. The van der Waals surface area contributed by atoms with Crippen molar-refractivity contribution in [2.45, 2.75) is 61.2 Å². The monoisotopic (exact) mass is 561 g/mol. The average Bonchev–Trinajstić information content (AvgIpc) is 3.09. The van der Waals surface area contributed by atoms with Crippen molar-refractivity contribution in [3.63, 3.8) is 0 Å². The van der Waals surface area contributed by atoms with Gasteiger partial charge in [0.05, 0.1) is 17.9 Å². The third-order valence-corrected chi connectivity index (χ3v) is 6.81. The van der Waals surface area contributed by atoms with Crippen molar-refractivity contribution < 1.29 is 33.6 Å². The lowest BCUT2D eigenvalue weighted by atomic mass is 9.81. The summed E-state index contributed by atoms with van der Waals surface area (Å²) in [5.41, 5.74) is 0.801. The standard InChI is InChI=1S/C23H26Cl3N3O7/c24-23(25,26)35-22(33)28(34-13-14-6-2-1-3-7-14)15-10-11-18(27-12-15)21(32)36-29-19(30)16-8-4-5-9-17(16)20(29)31/h1-3,6-7,15-18,27H,4-5,8-13H2/t15-,16-,17+,18+/m1/s1. The molecule has 1 N–H and O–H groups in total. The lowest BCUT2D eigenvalue weighted by molar-refractivity contribution is -0.202. The Morgan fingerprint density at radius 2 is 1.64 bits per heavy atom. The number of halogens is 3. The molecule has 1 saturated carbocycles. The highest BCUT2D eigenvalue weighted by atomic mass is 35.6. The minimum absolute atomic E-state index is 0.0548. The van der Waals surface area contributed by atoms with E-state index in [0.717, 1.165) is 23.5 Å². The summed E-state index contributed by atoms with van der Waals surface area (Å²) >= 11 is 16.8. The van der Waals surface area contributed by atoms with Gasteiger partial charge in [0.25, 0.3) is 11.8 Å². The molecule has 3 amide bonds. The Balaban J connectivity index is 1.35. The number of hydroxylamine groups is 4. The Kier molecular flexibility index (Phi) is 8.62. The van der Waals surface area contributed by atoms with Crippen molar-refractivity contribution in [2.24, 2.45) is 11.8 Å². The molecule has 4 rings (SSSR count). The molecule has 0 spiro atoms. The number of piperidine rings is 1. The van der Waals surface area contributed by atoms with E-state index >= 15 is 0 Å². The largest absolute Gasteiger partial charge is 0.437 e. The molecular weight excluding hydrogens is 537 g/mol. The predicted octanol–water partition coefficient (Wildman–Crippen LogP) is 3.64. The Hall–Kier alpha value is -2.11. The Labute approximate surface area is 222 Å². The van der Waals surface area contributed by atoms with E-state index in [1.807, 2.05) is 30.3 Å². The minimum atomic E-state index is -2.29. The SMILES string of the molecule is O=C(ON1C(=O)[C@H]2CCCC[C@H]2C1=O)[C@@H]1CC[C@@H](N(OCc2ccccc2)C(=O)OC(Cl)(Cl)Cl)CN1. The zero-order valence-electron chi connectivity index (χ0n) is 19.2. The molecule has 1 aliphatic carbocycles. The van der Waals surface area contributed by atoms with Crippen molar-refractivity contribution in [3.05, 3.63) is 35.9 Å². The number of rotatable bonds is 6. The fourth-order valence-corrected chi connectivity index (χ4v) is 4.99. The summed E-state index contributed by atoms with van der Waals surface area (Å²) in [6, 6.07) is 7.79. The van der Waals surface area contributed by atoms with Crippen molar-refractivity contribution in [1.82, 2.24) is 15.4 Å². The van der Waals surface area contributed by atoms with Gasteiger partial charge in [0.15, 0.2) is 0 Å². The van der Waals surface area contributed by atoms with Gasteiger partial charge in [-0.05, 0) is 66.0 Å². The van der Waals surface area contributed by atoms with Crippen LogP contribution in [0.4, 0.5) is 4.79 Å². The summed E-state index contributed by atoms with van der Waals surface area (Å²) in [7, 11) is 0. The van der Waals surface area contributed by atoms with Crippen molar-refractivity contribution in [1.29, 1.82) is 0 Å². The number of benzene rings is 1. The molecule has 2 heterocycles. The van der Waals surface area contributed by atoms with E-state index in [1.165, 1.54) is 0 Å². The van der Waals surface area contributed by atoms with E-state index in [-0.39, 0.29) is 19.6 Å². The van der Waals surface area contributed by atoms with Gasteiger partial charge in [-0.3, -0.25) is 14.4 Å². The van der Waals surface area contributed by atoms with Crippen LogP contribution < -0.4 is 5.32 Å². The molecule has 1 aromatic rings. The van der Waals surface area contributed by atoms with Gasteiger partial charge in [-0.1, -0.05) is 43.2 Å². The maximum Gasteiger partial charge on any atom is 0.437 e. The van der Waals surface area contributed by atoms with Gasteiger partial charge in [-0.2, -0.15) is 5.06 Å². The van der Waals surface area contributed by atoms with Crippen molar-refractivity contribution in [3.8, 4) is 0 Å². The summed E-state index contributed by atoms with van der Waals surface area (Å²) in [5, 5.41) is 4.58. The molecule has 13 heteroatoms. The van der Waals surface area contributed by atoms with Crippen LogP contribution in [-0.4, -0.2) is 56.6 Å². The number of hydrogen-bond acceptors (Lipinski definition) is 8. The van der Waals surface area contributed by atoms with Crippen molar-refractivity contribution in [2.75, 3.05) is 6.54 Å². The molecule has 4 atom stereocenters. The predicted molar refractivity (Wildman–Crippen MR) is 128 cm³/mol. The number of fused-ring (bicyclic) bond motifs is 1. The van der Waals surface area contributed by atoms with E-state index in [9.17, 15) is 19.2 Å². The van der Waals surface area contributed by atoms with Crippen LogP contribution in [0.2, 0.25) is 0 Å². The van der Waals surface area contributed by atoms with Crippen LogP contribution in [0, 0.1) is 11.8 Å². The third-order valence-electron chi connectivity index (χ3n) is 6.58. The highest BCUT2D eigenvalue weighted by Crippen LogP contribution is 2.38. The molecule has 1 aromatic carbocycles. The smallest absolute Gasteiger partial charge is 0.396 e. The summed E-state index contributed by atoms with van der Waals surface area (Å²) in [4.78, 5) is 61.5. The highest BCUT2D eigenvalue weighted by molar-refractivity contribution is 6.66.